The molecule has 0 fully saturated rings. The fourth-order valence-electron chi connectivity index (χ4n) is 1.45. The van der Waals surface area contributed by atoms with Crippen LogP contribution in [0.2, 0.25) is 0 Å². The minimum atomic E-state index is -0.623. The van der Waals surface area contributed by atoms with Gasteiger partial charge in [-0.2, -0.15) is 0 Å². The SMILES string of the molecule is Cc1onc2c1NC(C)(C)C(=O)NC2. The average molecular weight is 195 g/mol. The molecule has 2 rings (SSSR count). The molecule has 0 unspecified atom stereocenters. The van der Waals surface area contributed by atoms with Crippen molar-refractivity contribution in [1.29, 1.82) is 0 Å². The number of hydrogen-bond donors (Lipinski definition) is 2. The van der Waals surface area contributed by atoms with Crippen LogP contribution in [0.1, 0.15) is 25.3 Å². The van der Waals surface area contributed by atoms with E-state index in [4.69, 9.17) is 4.52 Å². The van der Waals surface area contributed by atoms with E-state index in [-0.39, 0.29) is 5.91 Å². The van der Waals surface area contributed by atoms with Crippen molar-refractivity contribution < 1.29 is 9.32 Å². The Kier molecular flexibility index (Phi) is 1.77. The monoisotopic (exact) mass is 195 g/mol. The third-order valence-corrected chi connectivity index (χ3v) is 2.35. The van der Waals surface area contributed by atoms with E-state index in [1.54, 1.807) is 0 Å². The Morgan fingerprint density at radius 2 is 2.21 bits per heavy atom. The van der Waals surface area contributed by atoms with E-state index in [0.717, 1.165) is 11.4 Å². The van der Waals surface area contributed by atoms with Gasteiger partial charge in [0.05, 0.1) is 6.54 Å². The van der Waals surface area contributed by atoms with Crippen molar-refractivity contribution in [2.75, 3.05) is 5.32 Å². The molecule has 1 aromatic heterocycles. The highest BCUT2D eigenvalue weighted by Gasteiger charge is 2.33. The molecule has 0 saturated heterocycles. The molecule has 0 spiro atoms. The van der Waals surface area contributed by atoms with Crippen molar-refractivity contribution in [2.24, 2.45) is 0 Å². The lowest BCUT2D eigenvalue weighted by molar-refractivity contribution is -0.124. The summed E-state index contributed by atoms with van der Waals surface area (Å²) in [5, 5.41) is 9.77. The lowest BCUT2D eigenvalue weighted by atomic mass is 10.0. The predicted octanol–water partition coefficient (Wildman–Crippen LogP) is 0.803. The van der Waals surface area contributed by atoms with Gasteiger partial charge >= 0.3 is 0 Å². The summed E-state index contributed by atoms with van der Waals surface area (Å²) in [5.74, 6) is 0.680. The number of aryl methyl sites for hydroxylation is 1. The van der Waals surface area contributed by atoms with Crippen LogP contribution in [-0.4, -0.2) is 16.6 Å². The van der Waals surface area contributed by atoms with Crippen LogP contribution in [0, 0.1) is 6.92 Å². The van der Waals surface area contributed by atoms with Gasteiger partial charge in [-0.25, -0.2) is 0 Å². The van der Waals surface area contributed by atoms with E-state index >= 15 is 0 Å². The molecule has 1 aliphatic rings. The number of aromatic nitrogens is 1. The molecule has 0 bridgehead atoms. The molecule has 2 heterocycles. The summed E-state index contributed by atoms with van der Waals surface area (Å²) in [4.78, 5) is 11.6. The first-order valence-corrected chi connectivity index (χ1v) is 4.52. The number of nitrogens with zero attached hydrogens (tertiary/aromatic N) is 1. The fraction of sp³-hybridized carbons (Fsp3) is 0.556. The van der Waals surface area contributed by atoms with Crippen molar-refractivity contribution in [3.05, 3.63) is 11.5 Å². The number of nitrogens with one attached hydrogen (secondary N) is 2. The number of rotatable bonds is 0. The third kappa shape index (κ3) is 1.25. The molecule has 1 aliphatic heterocycles. The summed E-state index contributed by atoms with van der Waals surface area (Å²) in [5.41, 5.74) is 0.955. The maximum atomic E-state index is 11.6. The molecule has 0 atom stereocenters. The molecule has 0 saturated carbocycles. The molecule has 0 aromatic carbocycles. The van der Waals surface area contributed by atoms with Gasteiger partial charge in [-0.15, -0.1) is 0 Å². The molecule has 1 aromatic rings. The van der Waals surface area contributed by atoms with Crippen LogP contribution in [0.25, 0.3) is 0 Å². The van der Waals surface area contributed by atoms with Crippen LogP contribution in [-0.2, 0) is 11.3 Å². The minimum Gasteiger partial charge on any atom is -0.367 e. The predicted molar refractivity (Wildman–Crippen MR) is 50.8 cm³/mol. The fourth-order valence-corrected chi connectivity index (χ4v) is 1.45. The first-order chi connectivity index (χ1) is 6.50. The van der Waals surface area contributed by atoms with Gasteiger partial charge in [0.2, 0.25) is 5.91 Å². The summed E-state index contributed by atoms with van der Waals surface area (Å²) in [6.07, 6.45) is 0. The molecule has 5 heteroatoms. The summed E-state index contributed by atoms with van der Waals surface area (Å²) in [6, 6.07) is 0. The number of amides is 1. The Hall–Kier alpha value is -1.52. The summed E-state index contributed by atoms with van der Waals surface area (Å²) in [6.45, 7) is 5.89. The van der Waals surface area contributed by atoms with Crippen molar-refractivity contribution in [3.8, 4) is 0 Å². The highest BCUT2D eigenvalue weighted by molar-refractivity contribution is 5.89. The number of hydrogen-bond acceptors (Lipinski definition) is 4. The number of anilines is 1. The van der Waals surface area contributed by atoms with Crippen molar-refractivity contribution in [2.45, 2.75) is 32.9 Å². The first-order valence-electron chi connectivity index (χ1n) is 4.52. The van der Waals surface area contributed by atoms with Crippen molar-refractivity contribution >= 4 is 11.6 Å². The quantitative estimate of drug-likeness (QED) is 0.642. The molecule has 0 radical (unpaired) electrons. The van der Waals surface area contributed by atoms with Gasteiger partial charge in [-0.1, -0.05) is 5.16 Å². The van der Waals surface area contributed by atoms with E-state index in [0.29, 0.717) is 12.3 Å². The van der Waals surface area contributed by atoms with E-state index in [1.165, 1.54) is 0 Å². The van der Waals surface area contributed by atoms with Gasteiger partial charge in [-0.05, 0) is 20.8 Å². The largest absolute Gasteiger partial charge is 0.367 e. The standard InChI is InChI=1S/C9H13N3O2/c1-5-7-6(12-14-5)4-10-8(13)9(2,3)11-7/h11H,4H2,1-3H3,(H,10,13). The summed E-state index contributed by atoms with van der Waals surface area (Å²) in [7, 11) is 0. The average Bonchev–Trinajstić information content (AvgIpc) is 2.38. The van der Waals surface area contributed by atoms with Gasteiger partial charge in [0.15, 0.2) is 5.76 Å². The van der Waals surface area contributed by atoms with Gasteiger partial charge < -0.3 is 15.2 Å². The summed E-state index contributed by atoms with van der Waals surface area (Å²) >= 11 is 0. The van der Waals surface area contributed by atoms with Crippen LogP contribution < -0.4 is 10.6 Å². The Morgan fingerprint density at radius 1 is 1.50 bits per heavy atom. The van der Waals surface area contributed by atoms with E-state index in [9.17, 15) is 4.79 Å². The van der Waals surface area contributed by atoms with Crippen LogP contribution >= 0.6 is 0 Å². The number of carbonyl (C=O) groups is 1. The molecule has 14 heavy (non-hydrogen) atoms. The second-order valence-corrected chi connectivity index (χ2v) is 3.99. The van der Waals surface area contributed by atoms with Crippen LogP contribution in [0.15, 0.2) is 4.52 Å². The zero-order valence-electron chi connectivity index (χ0n) is 8.47. The Morgan fingerprint density at radius 3 is 2.93 bits per heavy atom. The van der Waals surface area contributed by atoms with Gasteiger partial charge in [0, 0.05) is 0 Å². The number of fused-ring (bicyclic) bond motifs is 1. The third-order valence-electron chi connectivity index (χ3n) is 2.35. The van der Waals surface area contributed by atoms with Crippen molar-refractivity contribution in [1.82, 2.24) is 10.5 Å². The van der Waals surface area contributed by atoms with E-state index in [1.807, 2.05) is 20.8 Å². The first kappa shape index (κ1) is 9.05. The highest BCUT2D eigenvalue weighted by Crippen LogP contribution is 2.26. The smallest absolute Gasteiger partial charge is 0.245 e. The van der Waals surface area contributed by atoms with E-state index < -0.39 is 5.54 Å². The van der Waals surface area contributed by atoms with Gasteiger partial charge in [-0.3, -0.25) is 4.79 Å². The topological polar surface area (TPSA) is 67.2 Å². The van der Waals surface area contributed by atoms with Crippen molar-refractivity contribution in [3.63, 3.8) is 0 Å². The molecule has 2 N–H and O–H groups in total. The maximum absolute atomic E-state index is 11.6. The molecule has 5 nitrogen and oxygen atoms in total. The highest BCUT2D eigenvalue weighted by atomic mass is 16.5. The summed E-state index contributed by atoms with van der Waals surface area (Å²) < 4.78 is 5.04. The molecule has 0 aliphatic carbocycles. The minimum absolute atomic E-state index is 0.0325. The normalized spacial score (nSPS) is 19.2. The maximum Gasteiger partial charge on any atom is 0.245 e. The van der Waals surface area contributed by atoms with Crippen LogP contribution in [0.4, 0.5) is 5.69 Å². The van der Waals surface area contributed by atoms with Gasteiger partial charge in [0.25, 0.3) is 0 Å². The second kappa shape index (κ2) is 2.73. The zero-order chi connectivity index (χ0) is 10.3. The van der Waals surface area contributed by atoms with E-state index in [2.05, 4.69) is 15.8 Å². The Bertz CT molecular complexity index is 381. The van der Waals surface area contributed by atoms with Gasteiger partial charge in [0.1, 0.15) is 16.9 Å². The lowest BCUT2D eigenvalue weighted by Crippen LogP contribution is -2.45. The zero-order valence-corrected chi connectivity index (χ0v) is 8.47. The number of carbonyl (C=O) groups excluding carboxylic acids is 1. The lowest BCUT2D eigenvalue weighted by Gasteiger charge is -2.22. The molecule has 1 amide bonds. The van der Waals surface area contributed by atoms with Crippen LogP contribution in [0.5, 0.6) is 0 Å². The Labute approximate surface area is 81.8 Å². The molecular formula is C9H13N3O2. The molecular weight excluding hydrogens is 182 g/mol. The van der Waals surface area contributed by atoms with Crippen LogP contribution in [0.3, 0.4) is 0 Å². The second-order valence-electron chi connectivity index (χ2n) is 3.99. The molecule has 76 valence electrons. The Balaban J connectivity index is 2.43.